The Kier molecular flexibility index (Phi) is 31.1. The van der Waals surface area contributed by atoms with E-state index in [1.54, 1.807) is 0 Å². The Hall–Kier alpha value is 3.63. The average molecular weight is 542 g/mol. The molecule has 0 heterocycles. The second-order valence-corrected chi connectivity index (χ2v) is 1.03. The first-order valence-corrected chi connectivity index (χ1v) is 2.52. The SMILES string of the molecule is [Fr+].[Fr+].[O]=[Ti]([O-])[O-]. The van der Waals surface area contributed by atoms with Gasteiger partial charge in [0, 0.05) is 0 Å². The summed E-state index contributed by atoms with van der Waals surface area (Å²) in [6.07, 6.45) is 0. The summed E-state index contributed by atoms with van der Waals surface area (Å²) in [4.78, 5) is 0. The van der Waals surface area contributed by atoms with E-state index in [1.165, 1.54) is 0 Å². The van der Waals surface area contributed by atoms with Crippen LogP contribution in [0.2, 0.25) is 0 Å². The minimum absolute atomic E-state index is 0. The van der Waals surface area contributed by atoms with E-state index in [-0.39, 0.29) is 99.7 Å². The molecular formula is Fr2O3Ti. The summed E-state index contributed by atoms with van der Waals surface area (Å²) in [5, 5.41) is 0. The van der Waals surface area contributed by atoms with Crippen LogP contribution in [-0.2, 0) is 21.9 Å². The van der Waals surface area contributed by atoms with Crippen LogP contribution in [0, 0.1) is 99.7 Å². The second kappa shape index (κ2) is 11.4. The van der Waals surface area contributed by atoms with Gasteiger partial charge in [0.1, 0.15) is 0 Å². The molecule has 0 aliphatic heterocycles. The zero-order valence-corrected chi connectivity index (χ0v) is 21.7. The van der Waals surface area contributed by atoms with E-state index < -0.39 is 18.6 Å². The van der Waals surface area contributed by atoms with Gasteiger partial charge in [-0.1, -0.05) is 0 Å². The molecule has 24 valence electrons. The molecule has 0 rings (SSSR count). The van der Waals surface area contributed by atoms with Gasteiger partial charge < -0.3 is 0 Å². The molecule has 0 spiro atoms. The van der Waals surface area contributed by atoms with Gasteiger partial charge in [-0.2, -0.15) is 0 Å². The Morgan fingerprint density at radius 2 is 1.17 bits per heavy atom. The van der Waals surface area contributed by atoms with Crippen LogP contribution < -0.4 is 7.38 Å². The van der Waals surface area contributed by atoms with Gasteiger partial charge in [0.25, 0.3) is 0 Å². The second-order valence-electron chi connectivity index (χ2n) is 0.250. The standard InChI is InChI=1S/2Fr.3O.Ti/q2*+1;;2*-1;. The summed E-state index contributed by atoms with van der Waals surface area (Å²) in [6, 6.07) is 0. The third-order valence-electron chi connectivity index (χ3n) is 0. The van der Waals surface area contributed by atoms with Crippen LogP contribution in [-0.4, -0.2) is 0 Å². The van der Waals surface area contributed by atoms with Gasteiger partial charge in [-0.25, -0.2) is 0 Å². The van der Waals surface area contributed by atoms with Gasteiger partial charge in [0.15, 0.2) is 0 Å². The number of rotatable bonds is 0. The summed E-state index contributed by atoms with van der Waals surface area (Å²) in [5.74, 6) is 0. The van der Waals surface area contributed by atoms with Crippen molar-refractivity contribution in [3.8, 4) is 0 Å². The summed E-state index contributed by atoms with van der Waals surface area (Å²) in [6.45, 7) is 0. The molecule has 0 unspecified atom stereocenters. The molecule has 6 heteroatoms. The molecule has 0 aromatic carbocycles. The first kappa shape index (κ1) is 16.3. The summed E-state index contributed by atoms with van der Waals surface area (Å²) >= 11 is -4.08. The quantitative estimate of drug-likeness (QED) is 0.319. The van der Waals surface area contributed by atoms with Crippen LogP contribution in [0.3, 0.4) is 0 Å². The van der Waals surface area contributed by atoms with Crippen molar-refractivity contribution in [3.63, 3.8) is 0 Å². The molecule has 0 radical (unpaired) electrons. The van der Waals surface area contributed by atoms with Crippen LogP contribution in [0.25, 0.3) is 0 Å². The maximum absolute atomic E-state index is 8.58. The van der Waals surface area contributed by atoms with Crippen LogP contribution in [0.4, 0.5) is 0 Å². The van der Waals surface area contributed by atoms with Crippen LogP contribution >= 0.6 is 0 Å². The van der Waals surface area contributed by atoms with Crippen LogP contribution in [0.15, 0.2) is 0 Å². The Bertz CT molecular complexity index is 31.8. The zero-order valence-electron chi connectivity index (χ0n) is 3.72. The predicted molar refractivity (Wildman–Crippen MR) is 0.686 cm³/mol. The van der Waals surface area contributed by atoms with Crippen molar-refractivity contribution in [1.29, 1.82) is 0 Å². The van der Waals surface area contributed by atoms with E-state index >= 15 is 0 Å². The number of hydrogen-bond donors (Lipinski definition) is 0. The molecule has 0 fully saturated rings. The monoisotopic (exact) mass is 542 g/mol. The summed E-state index contributed by atoms with van der Waals surface area (Å²) in [7, 11) is 0. The van der Waals surface area contributed by atoms with Crippen molar-refractivity contribution in [3.05, 3.63) is 0 Å². The Labute approximate surface area is 125 Å². The van der Waals surface area contributed by atoms with Gasteiger partial charge >= 0.3 is 129 Å². The topological polar surface area (TPSA) is 63.2 Å². The van der Waals surface area contributed by atoms with Gasteiger partial charge in [0.05, 0.1) is 0 Å². The van der Waals surface area contributed by atoms with Gasteiger partial charge in [0.2, 0.25) is 0 Å². The van der Waals surface area contributed by atoms with Crippen molar-refractivity contribution in [2.45, 2.75) is 0 Å². The van der Waals surface area contributed by atoms with Gasteiger partial charge in [-0.05, 0) is 0 Å². The Morgan fingerprint density at radius 3 is 1.17 bits per heavy atom. The van der Waals surface area contributed by atoms with Crippen molar-refractivity contribution < 1.29 is 129 Å². The van der Waals surface area contributed by atoms with Crippen molar-refractivity contribution >= 4 is 0 Å². The third-order valence-corrected chi connectivity index (χ3v) is 0. The first-order valence-electron chi connectivity index (χ1n) is 0.612. The molecular weight excluding hydrogens is 542 g/mol. The molecule has 0 aliphatic rings. The van der Waals surface area contributed by atoms with E-state index in [0.717, 1.165) is 0 Å². The van der Waals surface area contributed by atoms with E-state index in [2.05, 4.69) is 0 Å². The fraction of sp³-hybridized carbons (Fsp3) is 0. The fourth-order valence-electron chi connectivity index (χ4n) is 0. The van der Waals surface area contributed by atoms with Crippen molar-refractivity contribution in [1.82, 2.24) is 0 Å². The average Bonchev–Trinajstić information content (AvgIpc) is 0.811. The summed E-state index contributed by atoms with van der Waals surface area (Å²) < 4.78 is 25.8. The molecule has 0 aliphatic carbocycles. The molecule has 0 N–H and O–H groups in total. The normalized spacial score (nSPS) is 4.33. The minimum atomic E-state index is -4.08. The molecule has 0 aromatic heterocycles. The Morgan fingerprint density at radius 1 is 1.17 bits per heavy atom. The molecule has 0 bridgehead atoms. The van der Waals surface area contributed by atoms with E-state index in [9.17, 15) is 0 Å². The van der Waals surface area contributed by atoms with Gasteiger partial charge in [-0.15, -0.1) is 0 Å². The Balaban J connectivity index is -0.0000000450. The maximum atomic E-state index is 8.58. The third kappa shape index (κ3) is 25.5. The summed E-state index contributed by atoms with van der Waals surface area (Å²) in [5.41, 5.74) is 0. The predicted octanol–water partition coefficient (Wildman–Crippen LogP) is -2.50. The van der Waals surface area contributed by atoms with Crippen LogP contribution in [0.1, 0.15) is 0 Å². The van der Waals surface area contributed by atoms with Gasteiger partial charge in [-0.3, -0.25) is 0 Å². The van der Waals surface area contributed by atoms with E-state index in [1.807, 2.05) is 0 Å². The first-order chi connectivity index (χ1) is 1.73. The van der Waals surface area contributed by atoms with Crippen LogP contribution in [0.5, 0.6) is 0 Å². The van der Waals surface area contributed by atoms with E-state index in [4.69, 9.17) is 10.7 Å². The molecule has 0 amide bonds. The molecule has 0 atom stereocenters. The molecule has 6 heavy (non-hydrogen) atoms. The molecule has 0 saturated carbocycles. The molecule has 3 nitrogen and oxygen atoms in total. The molecule has 0 aromatic rings. The van der Waals surface area contributed by atoms with Crippen molar-refractivity contribution in [2.75, 3.05) is 0 Å². The molecule has 0 saturated heterocycles. The zero-order chi connectivity index (χ0) is 3.58. The number of hydrogen-bond acceptors (Lipinski definition) is 3. The van der Waals surface area contributed by atoms with Crippen molar-refractivity contribution in [2.24, 2.45) is 0 Å². The fourth-order valence-corrected chi connectivity index (χ4v) is 0. The van der Waals surface area contributed by atoms with E-state index in [0.29, 0.717) is 0 Å².